The van der Waals surface area contributed by atoms with Crippen LogP contribution in [-0.2, 0) is 19.1 Å². The molecule has 0 aromatic rings. The molecule has 0 aromatic carbocycles. The average molecular weight is 256 g/mol. The Morgan fingerprint density at radius 2 is 2.00 bits per heavy atom. The van der Waals surface area contributed by atoms with Gasteiger partial charge in [-0.1, -0.05) is 0 Å². The molecule has 0 radical (unpaired) electrons. The van der Waals surface area contributed by atoms with Gasteiger partial charge in [0.1, 0.15) is 6.10 Å². The number of rotatable bonds is 3. The number of hydrogen-bond donors (Lipinski definition) is 1. The van der Waals surface area contributed by atoms with Gasteiger partial charge in [0.05, 0.1) is 18.1 Å². The smallest absolute Gasteiger partial charge is 0.314 e. The molecule has 0 aliphatic heterocycles. The molecule has 18 heavy (non-hydrogen) atoms. The van der Waals surface area contributed by atoms with Crippen LogP contribution in [0.4, 0.5) is 0 Å². The molecule has 4 atom stereocenters. The molecule has 3 unspecified atom stereocenters. The van der Waals surface area contributed by atoms with Crippen LogP contribution in [-0.4, -0.2) is 35.9 Å². The van der Waals surface area contributed by atoms with Crippen LogP contribution in [0.5, 0.6) is 0 Å². The van der Waals surface area contributed by atoms with Crippen molar-refractivity contribution in [3.63, 3.8) is 0 Å². The summed E-state index contributed by atoms with van der Waals surface area (Å²) in [5.41, 5.74) is -0.767. The topological polar surface area (TPSA) is 72.8 Å². The number of carbonyl (C=O) groups excluding carboxylic acids is 2. The Labute approximate surface area is 106 Å². The summed E-state index contributed by atoms with van der Waals surface area (Å²) in [6, 6.07) is 0. The van der Waals surface area contributed by atoms with E-state index in [1.54, 1.807) is 6.92 Å². The number of esters is 2. The first-order valence-electron chi connectivity index (χ1n) is 6.54. The van der Waals surface area contributed by atoms with Crippen LogP contribution in [0.25, 0.3) is 0 Å². The molecule has 0 saturated heterocycles. The Morgan fingerprint density at radius 3 is 2.61 bits per heavy atom. The molecule has 2 bridgehead atoms. The molecule has 1 N–H and O–H groups in total. The summed E-state index contributed by atoms with van der Waals surface area (Å²) in [6.07, 6.45) is 1.46. The zero-order valence-electron chi connectivity index (χ0n) is 10.8. The van der Waals surface area contributed by atoms with E-state index < -0.39 is 11.5 Å². The maximum absolute atomic E-state index is 12.0. The molecule has 0 amide bonds. The predicted octanol–water partition coefficient (Wildman–Crippen LogP) is 1.03. The van der Waals surface area contributed by atoms with Crippen LogP contribution < -0.4 is 0 Å². The van der Waals surface area contributed by atoms with E-state index in [0.29, 0.717) is 32.3 Å². The second kappa shape index (κ2) is 4.88. The number of fused-ring (bicyclic) bond motifs is 2. The Kier molecular flexibility index (Phi) is 3.61. The molecular formula is C13H20O5. The van der Waals surface area contributed by atoms with E-state index in [1.807, 2.05) is 0 Å². The first-order valence-corrected chi connectivity index (χ1v) is 6.54. The van der Waals surface area contributed by atoms with Gasteiger partial charge in [0.25, 0.3) is 0 Å². The summed E-state index contributed by atoms with van der Waals surface area (Å²) in [4.78, 5) is 23.0. The first kappa shape index (κ1) is 13.3. The maximum atomic E-state index is 12.0. The highest BCUT2D eigenvalue weighted by molar-refractivity contribution is 5.78. The van der Waals surface area contributed by atoms with Gasteiger partial charge in [0, 0.05) is 12.8 Å². The summed E-state index contributed by atoms with van der Waals surface area (Å²) in [5.74, 6) is -0.768. The molecule has 5 heteroatoms. The van der Waals surface area contributed by atoms with Crippen molar-refractivity contribution in [2.75, 3.05) is 6.61 Å². The molecule has 2 rings (SSSR count). The highest BCUT2D eigenvalue weighted by Crippen LogP contribution is 2.53. The molecule has 0 spiro atoms. The number of carbonyl (C=O) groups is 2. The lowest BCUT2D eigenvalue weighted by atomic mass is 9.72. The van der Waals surface area contributed by atoms with Crippen molar-refractivity contribution in [2.45, 2.75) is 51.7 Å². The predicted molar refractivity (Wildman–Crippen MR) is 62.6 cm³/mol. The lowest BCUT2D eigenvalue weighted by molar-refractivity contribution is -0.173. The number of aliphatic hydroxyl groups excluding tert-OH is 1. The van der Waals surface area contributed by atoms with Gasteiger partial charge in [-0.2, -0.15) is 0 Å². The normalized spacial score (nSPS) is 38.3. The first-order chi connectivity index (χ1) is 8.51. The quantitative estimate of drug-likeness (QED) is 0.764. The van der Waals surface area contributed by atoms with Gasteiger partial charge in [0.15, 0.2) is 0 Å². The molecule has 2 saturated carbocycles. The second-order valence-corrected chi connectivity index (χ2v) is 5.21. The van der Waals surface area contributed by atoms with E-state index in [0.717, 1.165) is 0 Å². The highest BCUT2D eigenvalue weighted by Gasteiger charge is 2.59. The van der Waals surface area contributed by atoms with Gasteiger partial charge in [-0.15, -0.1) is 0 Å². The van der Waals surface area contributed by atoms with Crippen molar-refractivity contribution in [3.8, 4) is 0 Å². The standard InChI is InChI=1S/C13H20O5/c1-3-17-12(16)13-6-4-9(11(13)15)10(5-7-13)18-8(2)14/h9-11,15H,3-7H2,1-2H3/t9?,10-,11?,13?/m1/s1. The van der Waals surface area contributed by atoms with Crippen molar-refractivity contribution in [2.24, 2.45) is 11.3 Å². The van der Waals surface area contributed by atoms with Crippen LogP contribution in [0.3, 0.4) is 0 Å². The fourth-order valence-corrected chi connectivity index (χ4v) is 3.37. The van der Waals surface area contributed by atoms with Gasteiger partial charge < -0.3 is 14.6 Å². The lowest BCUT2D eigenvalue weighted by Gasteiger charge is -2.39. The van der Waals surface area contributed by atoms with Crippen molar-refractivity contribution in [1.82, 2.24) is 0 Å². The van der Waals surface area contributed by atoms with E-state index in [2.05, 4.69) is 0 Å². The molecule has 2 fully saturated rings. The minimum atomic E-state index is -0.767. The number of aliphatic hydroxyl groups is 1. The Bertz CT molecular complexity index is 353. The minimum absolute atomic E-state index is 0.132. The number of ether oxygens (including phenoxy) is 2. The monoisotopic (exact) mass is 256 g/mol. The van der Waals surface area contributed by atoms with Crippen molar-refractivity contribution in [1.29, 1.82) is 0 Å². The third-order valence-electron chi connectivity index (χ3n) is 4.25. The van der Waals surface area contributed by atoms with Gasteiger partial charge in [-0.3, -0.25) is 9.59 Å². The molecule has 5 nitrogen and oxygen atoms in total. The summed E-state index contributed by atoms with van der Waals surface area (Å²) in [6.45, 7) is 3.46. The Hall–Kier alpha value is -1.10. The lowest BCUT2D eigenvalue weighted by Crippen LogP contribution is -2.49. The maximum Gasteiger partial charge on any atom is 0.314 e. The van der Waals surface area contributed by atoms with Crippen LogP contribution >= 0.6 is 0 Å². The minimum Gasteiger partial charge on any atom is -0.465 e. The molecule has 0 aromatic heterocycles. The summed E-state index contributed by atoms with van der Waals surface area (Å²) >= 11 is 0. The highest BCUT2D eigenvalue weighted by atomic mass is 16.5. The third-order valence-corrected chi connectivity index (χ3v) is 4.25. The second-order valence-electron chi connectivity index (χ2n) is 5.21. The molecule has 0 heterocycles. The Morgan fingerprint density at radius 1 is 1.33 bits per heavy atom. The SMILES string of the molecule is CCOC(=O)C12CCC(C1O)[C@H](OC(C)=O)CC2. The summed E-state index contributed by atoms with van der Waals surface area (Å²) in [5, 5.41) is 10.3. The molecule has 102 valence electrons. The van der Waals surface area contributed by atoms with E-state index in [-0.39, 0.29) is 24.0 Å². The molecule has 2 aliphatic carbocycles. The summed E-state index contributed by atoms with van der Waals surface area (Å²) in [7, 11) is 0. The van der Waals surface area contributed by atoms with E-state index in [1.165, 1.54) is 6.92 Å². The zero-order chi connectivity index (χ0) is 13.3. The Balaban J connectivity index is 2.12. The average Bonchev–Trinajstić information content (AvgIpc) is 2.52. The molecule has 2 aliphatic rings. The van der Waals surface area contributed by atoms with Gasteiger partial charge in [0.2, 0.25) is 0 Å². The largest absolute Gasteiger partial charge is 0.465 e. The molecular weight excluding hydrogens is 236 g/mol. The van der Waals surface area contributed by atoms with Crippen LogP contribution in [0.2, 0.25) is 0 Å². The van der Waals surface area contributed by atoms with Crippen LogP contribution in [0.15, 0.2) is 0 Å². The fraction of sp³-hybridized carbons (Fsp3) is 0.846. The van der Waals surface area contributed by atoms with Gasteiger partial charge in [-0.25, -0.2) is 0 Å². The third kappa shape index (κ3) is 2.00. The van der Waals surface area contributed by atoms with E-state index in [4.69, 9.17) is 9.47 Å². The van der Waals surface area contributed by atoms with Crippen LogP contribution in [0.1, 0.15) is 39.5 Å². The van der Waals surface area contributed by atoms with Crippen molar-refractivity contribution in [3.05, 3.63) is 0 Å². The summed E-state index contributed by atoms with van der Waals surface area (Å²) < 4.78 is 10.3. The fourth-order valence-electron chi connectivity index (χ4n) is 3.37. The number of hydrogen-bond acceptors (Lipinski definition) is 5. The van der Waals surface area contributed by atoms with Gasteiger partial charge in [-0.05, 0) is 32.6 Å². The van der Waals surface area contributed by atoms with Gasteiger partial charge >= 0.3 is 11.9 Å². The van der Waals surface area contributed by atoms with Crippen molar-refractivity contribution >= 4 is 11.9 Å². The van der Waals surface area contributed by atoms with Crippen LogP contribution in [0, 0.1) is 11.3 Å². The zero-order valence-corrected chi connectivity index (χ0v) is 10.8. The van der Waals surface area contributed by atoms with E-state index in [9.17, 15) is 14.7 Å². The van der Waals surface area contributed by atoms with E-state index >= 15 is 0 Å². The van der Waals surface area contributed by atoms with Crippen molar-refractivity contribution < 1.29 is 24.2 Å².